The van der Waals surface area contributed by atoms with Crippen molar-refractivity contribution >= 4 is 55.0 Å². The van der Waals surface area contributed by atoms with Crippen LogP contribution in [0.4, 0.5) is 5.69 Å². The maximum absolute atomic E-state index is 12.9. The van der Waals surface area contributed by atoms with Gasteiger partial charge in [-0.3, -0.25) is 4.72 Å². The van der Waals surface area contributed by atoms with E-state index in [4.69, 9.17) is 20.8 Å². The van der Waals surface area contributed by atoms with Gasteiger partial charge >= 0.3 is 5.97 Å². The van der Waals surface area contributed by atoms with E-state index < -0.39 is 16.0 Å². The molecule has 0 fully saturated rings. The van der Waals surface area contributed by atoms with Crippen molar-refractivity contribution in [2.75, 3.05) is 11.3 Å². The number of fused-ring (bicyclic) bond motifs is 3. The summed E-state index contributed by atoms with van der Waals surface area (Å²) >= 11 is 5.87. The number of anilines is 1. The molecule has 4 rings (SSSR count). The van der Waals surface area contributed by atoms with Gasteiger partial charge in [-0.05, 0) is 44.2 Å². The van der Waals surface area contributed by atoms with Crippen LogP contribution in [0.15, 0.2) is 63.9 Å². The van der Waals surface area contributed by atoms with Crippen LogP contribution in [0.1, 0.15) is 23.0 Å². The van der Waals surface area contributed by atoms with Crippen molar-refractivity contribution in [3.8, 4) is 0 Å². The van der Waals surface area contributed by atoms with Gasteiger partial charge in [-0.1, -0.05) is 35.9 Å². The lowest BCUT2D eigenvalue weighted by Gasteiger charge is -2.12. The maximum Gasteiger partial charge on any atom is 0.342 e. The fourth-order valence-corrected chi connectivity index (χ4v) is 4.59. The van der Waals surface area contributed by atoms with Crippen LogP contribution in [0.2, 0.25) is 5.02 Å². The summed E-state index contributed by atoms with van der Waals surface area (Å²) in [4.78, 5) is 12.6. The highest BCUT2D eigenvalue weighted by Crippen LogP contribution is 2.37. The van der Waals surface area contributed by atoms with Crippen molar-refractivity contribution in [3.63, 3.8) is 0 Å². The fourth-order valence-electron chi connectivity index (χ4n) is 3.40. The Balaban J connectivity index is 1.93. The number of carbonyl (C=O) groups is 1. The number of nitrogens with one attached hydrogen (secondary N) is 1. The van der Waals surface area contributed by atoms with Crippen molar-refractivity contribution in [3.05, 3.63) is 70.9 Å². The second-order valence-electron chi connectivity index (χ2n) is 6.66. The van der Waals surface area contributed by atoms with Gasteiger partial charge in [0.05, 0.1) is 17.2 Å². The molecule has 1 N–H and O–H groups in total. The summed E-state index contributed by atoms with van der Waals surface area (Å²) in [5.74, 6) is -0.109. The first-order chi connectivity index (χ1) is 14.3. The summed E-state index contributed by atoms with van der Waals surface area (Å²) < 4.78 is 39.6. The lowest BCUT2D eigenvalue weighted by molar-refractivity contribution is 0.0526. The number of ether oxygens (including phenoxy) is 1. The van der Waals surface area contributed by atoms with E-state index in [-0.39, 0.29) is 17.1 Å². The van der Waals surface area contributed by atoms with Gasteiger partial charge in [0.1, 0.15) is 16.9 Å². The van der Waals surface area contributed by atoms with Crippen molar-refractivity contribution in [2.45, 2.75) is 18.7 Å². The molecule has 0 unspecified atom stereocenters. The molecule has 6 nitrogen and oxygen atoms in total. The molecule has 0 amide bonds. The quantitative estimate of drug-likeness (QED) is 0.410. The Morgan fingerprint density at radius 2 is 1.73 bits per heavy atom. The molecule has 0 aliphatic heterocycles. The molecule has 0 bridgehead atoms. The first-order valence-electron chi connectivity index (χ1n) is 9.22. The molecule has 0 aliphatic rings. The molecule has 0 atom stereocenters. The Morgan fingerprint density at radius 1 is 1.07 bits per heavy atom. The van der Waals surface area contributed by atoms with Crippen LogP contribution in [0, 0.1) is 6.92 Å². The zero-order chi connectivity index (χ0) is 21.5. The Hall–Kier alpha value is -3.03. The normalized spacial score (nSPS) is 11.7. The minimum atomic E-state index is -3.88. The topological polar surface area (TPSA) is 85.6 Å². The van der Waals surface area contributed by atoms with Crippen molar-refractivity contribution < 1.29 is 22.4 Å². The van der Waals surface area contributed by atoms with Crippen LogP contribution >= 0.6 is 11.6 Å². The Kier molecular flexibility index (Phi) is 5.17. The molecule has 0 saturated carbocycles. The monoisotopic (exact) mass is 443 g/mol. The summed E-state index contributed by atoms with van der Waals surface area (Å²) in [6.07, 6.45) is 0. The molecule has 30 heavy (non-hydrogen) atoms. The molecule has 0 saturated heterocycles. The van der Waals surface area contributed by atoms with Gasteiger partial charge in [-0.15, -0.1) is 0 Å². The lowest BCUT2D eigenvalue weighted by Crippen LogP contribution is -2.13. The zero-order valence-electron chi connectivity index (χ0n) is 16.2. The zero-order valence-corrected chi connectivity index (χ0v) is 17.8. The number of rotatable bonds is 5. The predicted octanol–water partition coefficient (Wildman–Crippen LogP) is 5.53. The van der Waals surface area contributed by atoms with E-state index in [1.165, 1.54) is 24.3 Å². The molecular weight excluding hydrogens is 426 g/mol. The Morgan fingerprint density at radius 3 is 2.40 bits per heavy atom. The average Bonchev–Trinajstić information content (AvgIpc) is 3.04. The summed E-state index contributed by atoms with van der Waals surface area (Å²) in [5, 5.41) is 2.25. The second-order valence-corrected chi connectivity index (χ2v) is 8.78. The van der Waals surface area contributed by atoms with Crippen LogP contribution in [-0.2, 0) is 14.8 Å². The van der Waals surface area contributed by atoms with Crippen molar-refractivity contribution in [1.29, 1.82) is 0 Å². The third-order valence-corrected chi connectivity index (χ3v) is 6.35. The van der Waals surface area contributed by atoms with Gasteiger partial charge < -0.3 is 9.15 Å². The second kappa shape index (κ2) is 7.66. The molecule has 1 aromatic heterocycles. The van der Waals surface area contributed by atoms with E-state index in [9.17, 15) is 13.2 Å². The number of benzene rings is 3. The standard InChI is InChI=1S/C22H18ClNO5S/c1-3-28-22(25)20-13(2)29-21-17-7-5-4-6-16(17)19(12-18(20)21)24-30(26,27)15-10-8-14(23)9-11-15/h4-12,24H,3H2,1-2H3. The fraction of sp³-hybridized carbons (Fsp3) is 0.136. The highest BCUT2D eigenvalue weighted by Gasteiger charge is 2.24. The van der Waals surface area contributed by atoms with Crippen LogP contribution in [0.3, 0.4) is 0 Å². The van der Waals surface area contributed by atoms with E-state index in [2.05, 4.69) is 4.72 Å². The molecule has 8 heteroatoms. The lowest BCUT2D eigenvalue weighted by atomic mass is 10.0. The molecule has 154 valence electrons. The minimum Gasteiger partial charge on any atom is -0.462 e. The molecule has 4 aromatic rings. The van der Waals surface area contributed by atoms with E-state index in [1.54, 1.807) is 32.0 Å². The number of sulfonamides is 1. The van der Waals surface area contributed by atoms with Gasteiger partial charge in [-0.25, -0.2) is 13.2 Å². The highest BCUT2D eigenvalue weighted by molar-refractivity contribution is 7.92. The Bertz CT molecular complexity index is 1370. The van der Waals surface area contributed by atoms with Gasteiger partial charge in [0.2, 0.25) is 0 Å². The minimum absolute atomic E-state index is 0.0741. The van der Waals surface area contributed by atoms with Crippen molar-refractivity contribution in [2.24, 2.45) is 0 Å². The molecule has 3 aromatic carbocycles. The largest absolute Gasteiger partial charge is 0.462 e. The van der Waals surface area contributed by atoms with Crippen LogP contribution in [0.5, 0.6) is 0 Å². The number of esters is 1. The number of carbonyl (C=O) groups excluding carboxylic acids is 1. The Labute approximate surface area is 178 Å². The SMILES string of the molecule is CCOC(=O)c1c(C)oc2c1cc(NS(=O)(=O)c1ccc(Cl)cc1)c1ccccc12. The summed E-state index contributed by atoms with van der Waals surface area (Å²) in [6, 6.07) is 14.7. The number of hydrogen-bond acceptors (Lipinski definition) is 5. The number of hydrogen-bond donors (Lipinski definition) is 1. The van der Waals surface area contributed by atoms with Crippen LogP contribution in [-0.4, -0.2) is 21.0 Å². The first kappa shape index (κ1) is 20.3. The smallest absolute Gasteiger partial charge is 0.342 e. The number of furan rings is 1. The van der Waals surface area contributed by atoms with Crippen LogP contribution in [0.25, 0.3) is 21.7 Å². The third-order valence-electron chi connectivity index (χ3n) is 4.72. The average molecular weight is 444 g/mol. The molecular formula is C22H18ClNO5S. The predicted molar refractivity (Wildman–Crippen MR) is 117 cm³/mol. The maximum atomic E-state index is 12.9. The third kappa shape index (κ3) is 3.51. The van der Waals surface area contributed by atoms with Gasteiger partial charge in [0, 0.05) is 21.2 Å². The van der Waals surface area contributed by atoms with Crippen LogP contribution < -0.4 is 4.72 Å². The summed E-state index contributed by atoms with van der Waals surface area (Å²) in [6.45, 7) is 3.61. The van der Waals surface area contributed by atoms with E-state index in [0.717, 1.165) is 0 Å². The van der Waals surface area contributed by atoms with E-state index in [0.29, 0.717) is 38.2 Å². The van der Waals surface area contributed by atoms with Crippen molar-refractivity contribution in [1.82, 2.24) is 0 Å². The summed E-state index contributed by atoms with van der Waals surface area (Å²) in [7, 11) is -3.88. The summed E-state index contributed by atoms with van der Waals surface area (Å²) in [5.41, 5.74) is 1.12. The van der Waals surface area contributed by atoms with Gasteiger partial charge in [0.15, 0.2) is 0 Å². The highest BCUT2D eigenvalue weighted by atomic mass is 35.5. The van der Waals surface area contributed by atoms with E-state index in [1.807, 2.05) is 12.1 Å². The number of aryl methyl sites for hydroxylation is 1. The molecule has 0 spiro atoms. The molecule has 1 heterocycles. The van der Waals surface area contributed by atoms with Gasteiger partial charge in [0.25, 0.3) is 10.0 Å². The van der Waals surface area contributed by atoms with E-state index >= 15 is 0 Å². The van der Waals surface area contributed by atoms with Gasteiger partial charge in [-0.2, -0.15) is 0 Å². The molecule has 0 radical (unpaired) electrons. The molecule has 0 aliphatic carbocycles. The number of halogens is 1. The first-order valence-corrected chi connectivity index (χ1v) is 11.1.